The summed E-state index contributed by atoms with van der Waals surface area (Å²) in [7, 11) is 0. The van der Waals surface area contributed by atoms with Crippen LogP contribution in [0.4, 0.5) is 4.39 Å². The van der Waals surface area contributed by atoms with Crippen molar-refractivity contribution in [1.29, 1.82) is 0 Å². The molecule has 9 heteroatoms. The molecule has 0 radical (unpaired) electrons. The van der Waals surface area contributed by atoms with Crippen LogP contribution in [0.1, 0.15) is 176 Å². The number of carbonyl (C=O) groups excluding carboxylic acids is 1. The molecule has 4 unspecified atom stereocenters. The van der Waals surface area contributed by atoms with E-state index in [-0.39, 0.29) is 26.9 Å². The van der Waals surface area contributed by atoms with Gasteiger partial charge in [0.15, 0.2) is 5.82 Å². The number of benzene rings is 1. The van der Waals surface area contributed by atoms with Gasteiger partial charge in [-0.15, -0.1) is 45.8 Å². The van der Waals surface area contributed by atoms with Crippen molar-refractivity contribution in [3.05, 3.63) is 37.0 Å². The Balaban J connectivity index is 1.66. The molecule has 0 bridgehead atoms. The highest BCUT2D eigenvalue weighted by atomic mass is 32.2. The van der Waals surface area contributed by atoms with Crippen molar-refractivity contribution in [3.8, 4) is 11.5 Å². The lowest BCUT2D eigenvalue weighted by Gasteiger charge is -2.21. The first-order chi connectivity index (χ1) is 26.1. The summed E-state index contributed by atoms with van der Waals surface area (Å²) >= 11 is 6.69. The summed E-state index contributed by atoms with van der Waals surface area (Å²) in [5.41, 5.74) is 0.907. The van der Waals surface area contributed by atoms with Gasteiger partial charge in [-0.05, 0) is 53.9 Å². The zero-order valence-electron chi connectivity index (χ0n) is 35.7. The Morgan fingerprint density at radius 2 is 1.44 bits per heavy atom. The first-order valence-electron chi connectivity index (χ1n) is 21.0. The maximum Gasteiger partial charge on any atom is 0.351 e. The van der Waals surface area contributed by atoms with Crippen LogP contribution in [0, 0.1) is 23.6 Å². The maximum absolute atomic E-state index is 16.5. The third-order valence-corrected chi connectivity index (χ3v) is 17.3. The highest BCUT2D eigenvalue weighted by molar-refractivity contribution is 8.00. The van der Waals surface area contributed by atoms with Gasteiger partial charge >= 0.3 is 5.97 Å². The second kappa shape index (κ2) is 18.8. The average Bonchev–Trinajstić information content (AvgIpc) is 3.93. The number of fused-ring (bicyclic) bond motifs is 3. The fraction of sp³-hybridized carbons (Fsp3) is 0.674. The van der Waals surface area contributed by atoms with Crippen LogP contribution in [0.5, 0.6) is 11.5 Å². The van der Waals surface area contributed by atoms with E-state index in [9.17, 15) is 4.79 Å². The van der Waals surface area contributed by atoms with Gasteiger partial charge in [-0.25, -0.2) is 9.18 Å². The summed E-state index contributed by atoms with van der Waals surface area (Å²) in [6.07, 6.45) is 10.9. The fourth-order valence-electron chi connectivity index (χ4n) is 7.18. The van der Waals surface area contributed by atoms with Crippen molar-refractivity contribution < 1.29 is 23.4 Å². The third kappa shape index (κ3) is 9.91. The van der Waals surface area contributed by atoms with Crippen LogP contribution in [0.3, 0.4) is 0 Å². The van der Waals surface area contributed by atoms with Gasteiger partial charge in [0.25, 0.3) is 0 Å². The smallest absolute Gasteiger partial charge is 0.351 e. The molecule has 5 rings (SSSR count). The Labute approximate surface area is 347 Å². The molecule has 306 valence electrons. The number of esters is 1. The van der Waals surface area contributed by atoms with Crippen molar-refractivity contribution >= 4 is 71.9 Å². The van der Waals surface area contributed by atoms with E-state index in [4.69, 9.17) is 14.2 Å². The van der Waals surface area contributed by atoms with E-state index >= 15 is 4.39 Å². The van der Waals surface area contributed by atoms with Gasteiger partial charge in [0.2, 0.25) is 0 Å². The number of thioether (sulfide) groups is 1. The summed E-state index contributed by atoms with van der Waals surface area (Å²) in [4.78, 5) is 18.1. The van der Waals surface area contributed by atoms with Crippen LogP contribution in [0.2, 0.25) is 0 Å². The lowest BCUT2D eigenvalue weighted by atomic mass is 9.92. The van der Waals surface area contributed by atoms with Crippen molar-refractivity contribution in [2.24, 2.45) is 17.8 Å². The Bertz CT molecular complexity index is 1840. The van der Waals surface area contributed by atoms with E-state index in [1.165, 1.54) is 63.5 Å². The molecule has 1 aliphatic heterocycles. The molecule has 0 saturated heterocycles. The molecule has 55 heavy (non-hydrogen) atoms. The zero-order chi connectivity index (χ0) is 40.2. The largest absolute Gasteiger partial charge is 0.491 e. The van der Waals surface area contributed by atoms with Crippen LogP contribution in [-0.2, 0) is 22.0 Å². The number of unbranched alkanes of at least 4 members (excludes halogenated alkanes) is 2. The predicted octanol–water partition coefficient (Wildman–Crippen LogP) is 15.7. The average molecular weight is 831 g/mol. The Hall–Kier alpha value is -1.81. The molecule has 0 aliphatic carbocycles. The molecule has 1 aliphatic rings. The number of halogens is 1. The zero-order valence-corrected chi connectivity index (χ0v) is 39.0. The third-order valence-electron chi connectivity index (χ3n) is 11.2. The number of thiophene rings is 3. The molecule has 3 aromatic heterocycles. The second-order valence-corrected chi connectivity index (χ2v) is 22.3. The van der Waals surface area contributed by atoms with Crippen LogP contribution in [-0.4, -0.2) is 25.8 Å². The van der Waals surface area contributed by atoms with Crippen LogP contribution in [0.15, 0.2) is 11.0 Å². The summed E-state index contributed by atoms with van der Waals surface area (Å²) in [5, 5.41) is 1.79. The van der Waals surface area contributed by atoms with Gasteiger partial charge in [-0.2, -0.15) is 0 Å². The minimum atomic E-state index is -0.555. The van der Waals surface area contributed by atoms with Gasteiger partial charge in [0.1, 0.15) is 16.4 Å². The van der Waals surface area contributed by atoms with E-state index in [1.807, 2.05) is 30.0 Å². The molecule has 1 aromatic carbocycles. The minimum absolute atomic E-state index is 0.0128. The second-order valence-electron chi connectivity index (χ2n) is 17.9. The SMILES string of the molecule is CCCCC(CC)COc1c2c(c(OCC(CC)CCCC)c3sc(C(C)(C)C)cc13)CC(c1sc(C(C)(C)C)c3c(F)c(C(=O)OCC(C)CC)sc13)S2. The van der Waals surface area contributed by atoms with Crippen LogP contribution in [0.25, 0.3) is 20.2 Å². The van der Waals surface area contributed by atoms with Crippen molar-refractivity contribution in [2.75, 3.05) is 19.8 Å². The molecule has 4 aromatic rings. The molecule has 0 fully saturated rings. The number of rotatable bonds is 19. The summed E-state index contributed by atoms with van der Waals surface area (Å²) in [5.74, 6) is 2.23. The minimum Gasteiger partial charge on any atom is -0.491 e. The van der Waals surface area contributed by atoms with Gasteiger partial charge in [0.05, 0.1) is 34.1 Å². The Morgan fingerprint density at radius 3 is 1.98 bits per heavy atom. The molecule has 0 spiro atoms. The number of carbonyl (C=O) groups is 1. The van der Waals surface area contributed by atoms with Crippen molar-refractivity contribution in [2.45, 2.75) is 168 Å². The molecule has 0 amide bonds. The van der Waals surface area contributed by atoms with E-state index < -0.39 is 11.8 Å². The molecular weight excluding hydrogens is 764 g/mol. The lowest BCUT2D eigenvalue weighted by molar-refractivity contribution is 0.0448. The predicted molar refractivity (Wildman–Crippen MR) is 239 cm³/mol. The number of hydrogen-bond donors (Lipinski definition) is 0. The quantitative estimate of drug-likeness (QED) is 0.0881. The van der Waals surface area contributed by atoms with E-state index in [0.29, 0.717) is 37.0 Å². The molecular formula is C46H67FO4S4. The first-order valence-corrected chi connectivity index (χ1v) is 24.4. The standard InChI is InChI=1S/C46H67FO4S4/c1-13-18-20-28(16-4)25-49-36-30-22-32(40-41-34(43(55-40)46(10,11)12)35(47)42(54-41)44(48)51-24-27(6)15-3)52-38(30)37(50-26-29(17-5)21-19-14-2)31-23-33(45(7,8)9)53-39(31)36/h23,27-29,32H,13-22,24-26H2,1-12H3. The molecule has 4 nitrogen and oxygen atoms in total. The van der Waals surface area contributed by atoms with Gasteiger partial charge in [0, 0.05) is 36.2 Å². The Kier molecular flexibility index (Phi) is 15.2. The number of hydrogen-bond acceptors (Lipinski definition) is 8. The van der Waals surface area contributed by atoms with Gasteiger partial charge < -0.3 is 14.2 Å². The highest BCUT2D eigenvalue weighted by Crippen LogP contribution is 2.61. The topological polar surface area (TPSA) is 44.8 Å². The first kappa shape index (κ1) is 44.3. The summed E-state index contributed by atoms with van der Waals surface area (Å²) in [6, 6.07) is 2.37. The lowest BCUT2D eigenvalue weighted by Crippen LogP contribution is -2.13. The van der Waals surface area contributed by atoms with Gasteiger partial charge in [-0.1, -0.05) is 128 Å². The van der Waals surface area contributed by atoms with Gasteiger partial charge in [-0.3, -0.25) is 0 Å². The molecule has 0 saturated carbocycles. The normalized spacial score (nSPS) is 16.5. The number of ether oxygens (including phenoxy) is 3. The van der Waals surface area contributed by atoms with Crippen LogP contribution < -0.4 is 9.47 Å². The molecule has 4 heterocycles. The van der Waals surface area contributed by atoms with Crippen LogP contribution >= 0.6 is 45.8 Å². The monoisotopic (exact) mass is 830 g/mol. The van der Waals surface area contributed by atoms with E-state index in [2.05, 4.69) is 82.2 Å². The maximum atomic E-state index is 16.5. The summed E-state index contributed by atoms with van der Waals surface area (Å²) in [6.45, 7) is 28.2. The Morgan fingerprint density at radius 1 is 0.818 bits per heavy atom. The highest BCUT2D eigenvalue weighted by Gasteiger charge is 2.39. The van der Waals surface area contributed by atoms with E-state index in [1.54, 1.807) is 11.3 Å². The summed E-state index contributed by atoms with van der Waals surface area (Å²) < 4.78 is 38.4. The van der Waals surface area contributed by atoms with E-state index in [0.717, 1.165) is 63.4 Å². The molecule has 0 N–H and O–H groups in total. The fourth-order valence-corrected chi connectivity index (χ4v) is 12.8. The van der Waals surface area contributed by atoms with Crippen molar-refractivity contribution in [1.82, 2.24) is 0 Å². The van der Waals surface area contributed by atoms with Crippen molar-refractivity contribution in [3.63, 3.8) is 0 Å². The molecule has 4 atom stereocenters.